The Kier molecular flexibility index (Phi) is 6.58. The van der Waals surface area contributed by atoms with E-state index in [-0.39, 0.29) is 5.92 Å². The smallest absolute Gasteiger partial charge is 0.320 e. The Morgan fingerprint density at radius 2 is 1.90 bits per heavy atom. The second-order valence-corrected chi connectivity index (χ2v) is 5.05. The fraction of sp³-hybridized carbons (Fsp3) is 0.533. The molecule has 0 saturated heterocycles. The lowest BCUT2D eigenvalue weighted by molar-refractivity contribution is -0.139. The van der Waals surface area contributed by atoms with Gasteiger partial charge in [0.25, 0.3) is 0 Å². The van der Waals surface area contributed by atoms with Crippen molar-refractivity contribution in [3.8, 4) is 0 Å². The van der Waals surface area contributed by atoms with Crippen LogP contribution in [-0.4, -0.2) is 23.7 Å². The normalized spacial score (nSPS) is 14.0. The summed E-state index contributed by atoms with van der Waals surface area (Å²) in [4.78, 5) is 11.1. The van der Waals surface area contributed by atoms with Gasteiger partial charge in [-0.3, -0.25) is 4.79 Å². The Morgan fingerprint density at radius 1 is 1.30 bits per heavy atom. The van der Waals surface area contributed by atoms with Gasteiger partial charge in [0.2, 0.25) is 0 Å². The molecule has 112 valence electrons. The second kappa shape index (κ2) is 7.94. The van der Waals surface area contributed by atoms with Crippen LogP contribution >= 0.6 is 0 Å². The van der Waals surface area contributed by atoms with Crippen molar-refractivity contribution in [1.82, 2.24) is 5.32 Å². The molecule has 0 spiro atoms. The van der Waals surface area contributed by atoms with Gasteiger partial charge >= 0.3 is 5.97 Å². The topological polar surface area (TPSA) is 49.3 Å². The highest BCUT2D eigenvalue weighted by Crippen LogP contribution is 2.17. The largest absolute Gasteiger partial charge is 0.480 e. The molecule has 1 aromatic carbocycles. The number of unbranched alkanes of at least 4 members (excludes halogenated alkanes) is 1. The van der Waals surface area contributed by atoms with Gasteiger partial charge in [0.1, 0.15) is 17.7 Å². The van der Waals surface area contributed by atoms with Gasteiger partial charge in [-0.2, -0.15) is 0 Å². The van der Waals surface area contributed by atoms with Crippen LogP contribution in [0, 0.1) is 11.6 Å². The molecule has 0 amide bonds. The maximum atomic E-state index is 13.1. The number of carbonyl (C=O) groups is 1. The fourth-order valence-corrected chi connectivity index (χ4v) is 2.02. The summed E-state index contributed by atoms with van der Waals surface area (Å²) in [5.41, 5.74) is 0.523. The Bertz CT molecular complexity index is 431. The van der Waals surface area contributed by atoms with Crippen LogP contribution in [0.2, 0.25) is 0 Å². The zero-order chi connectivity index (χ0) is 15.1. The lowest BCUT2D eigenvalue weighted by atomic mass is 10.00. The van der Waals surface area contributed by atoms with E-state index in [1.165, 1.54) is 12.1 Å². The molecule has 0 aliphatic heterocycles. The van der Waals surface area contributed by atoms with Crippen LogP contribution in [0.15, 0.2) is 18.2 Å². The predicted octanol–water partition coefficient (Wildman–Crippen LogP) is 3.30. The third-order valence-electron chi connectivity index (χ3n) is 3.27. The van der Waals surface area contributed by atoms with Crippen molar-refractivity contribution in [2.24, 2.45) is 0 Å². The number of aliphatic carboxylic acids is 1. The third-order valence-corrected chi connectivity index (χ3v) is 3.27. The first kappa shape index (κ1) is 16.6. The van der Waals surface area contributed by atoms with E-state index in [1.807, 2.05) is 6.92 Å². The van der Waals surface area contributed by atoms with E-state index in [0.717, 1.165) is 18.9 Å². The summed E-state index contributed by atoms with van der Waals surface area (Å²) in [6.45, 7) is 4.17. The average molecular weight is 285 g/mol. The van der Waals surface area contributed by atoms with Crippen molar-refractivity contribution in [2.45, 2.75) is 45.1 Å². The molecule has 0 bridgehead atoms. The fourth-order valence-electron chi connectivity index (χ4n) is 2.02. The average Bonchev–Trinajstić information content (AvgIpc) is 2.36. The Hall–Kier alpha value is -1.49. The summed E-state index contributed by atoms with van der Waals surface area (Å²) in [6, 6.07) is 2.76. The maximum Gasteiger partial charge on any atom is 0.320 e. The van der Waals surface area contributed by atoms with Gasteiger partial charge < -0.3 is 10.4 Å². The first-order valence-corrected chi connectivity index (χ1v) is 6.86. The van der Waals surface area contributed by atoms with Gasteiger partial charge in [-0.1, -0.05) is 26.7 Å². The van der Waals surface area contributed by atoms with Crippen LogP contribution < -0.4 is 5.32 Å². The third kappa shape index (κ3) is 5.25. The van der Waals surface area contributed by atoms with Gasteiger partial charge in [-0.05, 0) is 30.0 Å². The molecule has 0 aliphatic carbocycles. The first-order chi connectivity index (χ1) is 9.43. The summed E-state index contributed by atoms with van der Waals surface area (Å²) in [6.07, 6.45) is 2.30. The van der Waals surface area contributed by atoms with E-state index in [1.54, 1.807) is 6.92 Å². The Balaban J connectivity index is 2.60. The van der Waals surface area contributed by atoms with Crippen LogP contribution in [0.1, 0.15) is 44.6 Å². The van der Waals surface area contributed by atoms with Gasteiger partial charge in [0.05, 0.1) is 0 Å². The van der Waals surface area contributed by atoms with Gasteiger partial charge in [-0.25, -0.2) is 8.78 Å². The van der Waals surface area contributed by atoms with E-state index in [0.29, 0.717) is 18.5 Å². The molecular formula is C15H21F2NO2. The van der Waals surface area contributed by atoms with Crippen LogP contribution in [0.25, 0.3) is 0 Å². The first-order valence-electron chi connectivity index (χ1n) is 6.86. The monoisotopic (exact) mass is 285 g/mol. The van der Waals surface area contributed by atoms with Crippen molar-refractivity contribution < 1.29 is 18.7 Å². The van der Waals surface area contributed by atoms with Crippen molar-refractivity contribution in [3.05, 3.63) is 35.4 Å². The van der Waals surface area contributed by atoms with Crippen LogP contribution in [0.4, 0.5) is 8.78 Å². The minimum absolute atomic E-state index is 0.163. The Morgan fingerprint density at radius 3 is 2.40 bits per heavy atom. The summed E-state index contributed by atoms with van der Waals surface area (Å²) in [5, 5.41) is 12.0. The molecule has 1 rings (SSSR count). The quantitative estimate of drug-likeness (QED) is 0.770. The number of carboxylic acids is 1. The maximum absolute atomic E-state index is 13.1. The predicted molar refractivity (Wildman–Crippen MR) is 73.7 cm³/mol. The summed E-state index contributed by atoms with van der Waals surface area (Å²) in [5.74, 6) is -2.29. The zero-order valence-corrected chi connectivity index (χ0v) is 11.8. The zero-order valence-electron chi connectivity index (χ0n) is 11.8. The molecule has 2 atom stereocenters. The summed E-state index contributed by atoms with van der Waals surface area (Å²) < 4.78 is 26.3. The molecule has 0 saturated carbocycles. The lowest BCUT2D eigenvalue weighted by Crippen LogP contribution is -2.38. The van der Waals surface area contributed by atoms with Gasteiger partial charge in [0.15, 0.2) is 0 Å². The molecule has 2 unspecified atom stereocenters. The number of halogens is 2. The number of carboxylic acid groups (broad SMARTS) is 1. The molecule has 5 heteroatoms. The number of benzene rings is 1. The molecule has 0 aromatic heterocycles. The van der Waals surface area contributed by atoms with E-state index < -0.39 is 23.6 Å². The molecular weight excluding hydrogens is 264 g/mol. The van der Waals surface area contributed by atoms with Crippen molar-refractivity contribution in [3.63, 3.8) is 0 Å². The van der Waals surface area contributed by atoms with E-state index in [4.69, 9.17) is 5.11 Å². The minimum atomic E-state index is -0.893. The van der Waals surface area contributed by atoms with Crippen molar-refractivity contribution in [2.75, 3.05) is 6.54 Å². The highest BCUT2D eigenvalue weighted by atomic mass is 19.1. The highest BCUT2D eigenvalue weighted by molar-refractivity contribution is 5.73. The number of hydrogen-bond acceptors (Lipinski definition) is 2. The van der Waals surface area contributed by atoms with Gasteiger partial charge in [-0.15, -0.1) is 0 Å². The van der Waals surface area contributed by atoms with Gasteiger partial charge in [0, 0.05) is 12.6 Å². The standard InChI is InChI=1S/C15H21F2NO2/c1-3-4-5-14(15(19)20)18-9-10(2)11-6-12(16)8-13(17)7-11/h6-8,10,14,18H,3-5,9H2,1-2H3,(H,19,20). The Labute approximate surface area is 118 Å². The SMILES string of the molecule is CCCCC(NCC(C)c1cc(F)cc(F)c1)C(=O)O. The molecule has 0 radical (unpaired) electrons. The molecule has 3 nitrogen and oxygen atoms in total. The molecule has 0 aliphatic rings. The molecule has 1 aromatic rings. The van der Waals surface area contributed by atoms with Crippen LogP contribution in [0.5, 0.6) is 0 Å². The van der Waals surface area contributed by atoms with E-state index in [2.05, 4.69) is 5.32 Å². The highest BCUT2D eigenvalue weighted by Gasteiger charge is 2.17. The summed E-state index contributed by atoms with van der Waals surface area (Å²) >= 11 is 0. The van der Waals surface area contributed by atoms with Crippen LogP contribution in [-0.2, 0) is 4.79 Å². The molecule has 0 fully saturated rings. The minimum Gasteiger partial charge on any atom is -0.480 e. The lowest BCUT2D eigenvalue weighted by Gasteiger charge is -2.18. The second-order valence-electron chi connectivity index (χ2n) is 5.05. The number of rotatable bonds is 8. The van der Waals surface area contributed by atoms with Crippen molar-refractivity contribution in [1.29, 1.82) is 0 Å². The molecule has 0 heterocycles. The molecule has 20 heavy (non-hydrogen) atoms. The number of nitrogens with one attached hydrogen (secondary N) is 1. The van der Waals surface area contributed by atoms with Crippen LogP contribution in [0.3, 0.4) is 0 Å². The summed E-state index contributed by atoms with van der Waals surface area (Å²) in [7, 11) is 0. The van der Waals surface area contributed by atoms with E-state index >= 15 is 0 Å². The van der Waals surface area contributed by atoms with E-state index in [9.17, 15) is 13.6 Å². The number of hydrogen-bond donors (Lipinski definition) is 2. The molecule has 2 N–H and O–H groups in total. The van der Waals surface area contributed by atoms with Crippen molar-refractivity contribution >= 4 is 5.97 Å².